The lowest BCUT2D eigenvalue weighted by molar-refractivity contribution is -0.138. The predicted octanol–water partition coefficient (Wildman–Crippen LogP) is 4.60. The zero-order valence-electron chi connectivity index (χ0n) is 21.9. The summed E-state index contributed by atoms with van der Waals surface area (Å²) in [5.74, 6) is -1.08. The average molecular weight is 514 g/mol. The van der Waals surface area contributed by atoms with Crippen molar-refractivity contribution in [1.29, 1.82) is 0 Å². The van der Waals surface area contributed by atoms with Crippen LogP contribution >= 0.6 is 0 Å². The molecule has 0 saturated heterocycles. The van der Waals surface area contributed by atoms with Crippen LogP contribution in [0.25, 0.3) is 6.08 Å². The van der Waals surface area contributed by atoms with Crippen LogP contribution in [0.2, 0.25) is 0 Å². The highest BCUT2D eigenvalue weighted by Crippen LogP contribution is 2.40. The van der Waals surface area contributed by atoms with Gasteiger partial charge in [-0.3, -0.25) is 0 Å². The fourth-order valence-corrected chi connectivity index (χ4v) is 4.51. The number of aromatic nitrogens is 2. The van der Waals surface area contributed by atoms with Gasteiger partial charge in [-0.1, -0.05) is 42.5 Å². The number of allylic oxidation sites excluding steroid dienone is 2. The SMILES string of the molecule is COC(=O)C1=C(C)NC(C)=C(C(=O)OC/C=C/c2ccc(Cn3ccnc3)cc2)C1c1cccc(OC)c1. The van der Waals surface area contributed by atoms with E-state index in [4.69, 9.17) is 14.2 Å². The Kier molecular flexibility index (Phi) is 8.43. The summed E-state index contributed by atoms with van der Waals surface area (Å²) in [4.78, 5) is 30.2. The molecule has 0 fully saturated rings. The van der Waals surface area contributed by atoms with Gasteiger partial charge in [-0.05, 0) is 48.7 Å². The Hall–Kier alpha value is -4.59. The monoisotopic (exact) mass is 513 g/mol. The number of nitrogens with one attached hydrogen (secondary N) is 1. The molecule has 8 heteroatoms. The van der Waals surface area contributed by atoms with E-state index in [1.807, 2.05) is 53.2 Å². The number of esters is 2. The topological polar surface area (TPSA) is 91.7 Å². The summed E-state index contributed by atoms with van der Waals surface area (Å²) < 4.78 is 18.1. The summed E-state index contributed by atoms with van der Waals surface area (Å²) in [6.07, 6.45) is 9.15. The molecule has 1 aliphatic rings. The largest absolute Gasteiger partial charge is 0.497 e. The highest BCUT2D eigenvalue weighted by molar-refractivity contribution is 5.99. The molecule has 0 saturated carbocycles. The Morgan fingerprint density at radius 1 is 1.03 bits per heavy atom. The first-order chi connectivity index (χ1) is 18.4. The third-order valence-electron chi connectivity index (χ3n) is 6.34. The van der Waals surface area contributed by atoms with Crippen molar-refractivity contribution in [2.45, 2.75) is 26.3 Å². The molecule has 1 N–H and O–H groups in total. The first-order valence-electron chi connectivity index (χ1n) is 12.2. The molecule has 1 aliphatic heterocycles. The molecular formula is C30H31N3O5. The van der Waals surface area contributed by atoms with Crippen molar-refractivity contribution >= 4 is 18.0 Å². The Morgan fingerprint density at radius 2 is 1.76 bits per heavy atom. The van der Waals surface area contributed by atoms with Gasteiger partial charge in [0, 0.05) is 30.3 Å². The van der Waals surface area contributed by atoms with Gasteiger partial charge >= 0.3 is 11.9 Å². The number of methoxy groups -OCH3 is 2. The second-order valence-electron chi connectivity index (χ2n) is 8.88. The minimum Gasteiger partial charge on any atom is -0.497 e. The smallest absolute Gasteiger partial charge is 0.337 e. The highest BCUT2D eigenvalue weighted by Gasteiger charge is 2.37. The van der Waals surface area contributed by atoms with Crippen LogP contribution in [0, 0.1) is 0 Å². The molecule has 1 aromatic heterocycles. The maximum atomic E-state index is 13.3. The number of nitrogens with zero attached hydrogens (tertiary/aromatic N) is 2. The van der Waals surface area contributed by atoms with Gasteiger partial charge in [-0.15, -0.1) is 0 Å². The molecule has 4 rings (SSSR count). The van der Waals surface area contributed by atoms with Crippen LogP contribution < -0.4 is 10.1 Å². The lowest BCUT2D eigenvalue weighted by atomic mass is 9.80. The minimum atomic E-state index is -0.668. The van der Waals surface area contributed by atoms with Crippen molar-refractivity contribution in [2.24, 2.45) is 0 Å². The van der Waals surface area contributed by atoms with Crippen LogP contribution in [0.5, 0.6) is 5.75 Å². The van der Waals surface area contributed by atoms with E-state index in [9.17, 15) is 9.59 Å². The summed E-state index contributed by atoms with van der Waals surface area (Å²) in [6, 6.07) is 15.4. The molecule has 0 spiro atoms. The van der Waals surface area contributed by atoms with Crippen LogP contribution in [-0.2, 0) is 25.6 Å². The maximum Gasteiger partial charge on any atom is 0.337 e. The Bertz CT molecular complexity index is 1390. The van der Waals surface area contributed by atoms with Crippen LogP contribution in [-0.4, -0.2) is 42.3 Å². The van der Waals surface area contributed by atoms with Gasteiger partial charge in [0.2, 0.25) is 0 Å². The molecule has 2 aromatic carbocycles. The zero-order valence-corrected chi connectivity index (χ0v) is 21.9. The van der Waals surface area contributed by atoms with Crippen molar-refractivity contribution in [3.63, 3.8) is 0 Å². The van der Waals surface area contributed by atoms with E-state index in [0.717, 1.165) is 23.2 Å². The number of hydrogen-bond donors (Lipinski definition) is 1. The number of imidazole rings is 1. The maximum absolute atomic E-state index is 13.3. The van der Waals surface area contributed by atoms with E-state index >= 15 is 0 Å². The summed E-state index contributed by atoms with van der Waals surface area (Å²) >= 11 is 0. The molecule has 0 aliphatic carbocycles. The van der Waals surface area contributed by atoms with E-state index in [1.54, 1.807) is 39.6 Å². The molecule has 38 heavy (non-hydrogen) atoms. The second-order valence-corrected chi connectivity index (χ2v) is 8.88. The van der Waals surface area contributed by atoms with Crippen LogP contribution in [0.1, 0.15) is 36.5 Å². The summed E-state index contributed by atoms with van der Waals surface area (Å²) in [5.41, 5.74) is 4.81. The third-order valence-corrected chi connectivity index (χ3v) is 6.34. The third kappa shape index (κ3) is 6.03. The molecule has 0 radical (unpaired) electrons. The Balaban J connectivity index is 1.49. The highest BCUT2D eigenvalue weighted by atomic mass is 16.5. The van der Waals surface area contributed by atoms with Crippen molar-refractivity contribution < 1.29 is 23.8 Å². The van der Waals surface area contributed by atoms with E-state index in [1.165, 1.54) is 7.11 Å². The van der Waals surface area contributed by atoms with Crippen molar-refractivity contribution in [3.8, 4) is 5.75 Å². The van der Waals surface area contributed by atoms with Crippen LogP contribution in [0.3, 0.4) is 0 Å². The number of rotatable bonds is 9. The number of carbonyl (C=O) groups is 2. The van der Waals surface area contributed by atoms with Gasteiger partial charge in [-0.25, -0.2) is 14.6 Å². The van der Waals surface area contributed by atoms with Crippen molar-refractivity contribution in [3.05, 3.63) is 113 Å². The van der Waals surface area contributed by atoms with E-state index in [0.29, 0.717) is 28.3 Å². The number of dihydropyridines is 1. The molecule has 2 heterocycles. The van der Waals surface area contributed by atoms with E-state index in [2.05, 4.69) is 22.4 Å². The Labute approximate surface area is 222 Å². The Morgan fingerprint density at radius 3 is 2.42 bits per heavy atom. The minimum absolute atomic E-state index is 0.0769. The molecule has 1 atom stereocenters. The fraction of sp³-hybridized carbons (Fsp3) is 0.233. The number of carbonyl (C=O) groups excluding carboxylic acids is 2. The summed E-state index contributed by atoms with van der Waals surface area (Å²) in [7, 11) is 2.89. The van der Waals surface area contributed by atoms with E-state index < -0.39 is 17.9 Å². The molecule has 196 valence electrons. The lowest BCUT2D eigenvalue weighted by Gasteiger charge is -2.30. The van der Waals surface area contributed by atoms with Crippen LogP contribution in [0.4, 0.5) is 0 Å². The van der Waals surface area contributed by atoms with Gasteiger partial charge in [0.1, 0.15) is 12.4 Å². The lowest BCUT2D eigenvalue weighted by Crippen LogP contribution is -2.32. The number of hydrogen-bond acceptors (Lipinski definition) is 7. The summed E-state index contributed by atoms with van der Waals surface area (Å²) in [5, 5.41) is 3.14. The standard InChI is InChI=1S/C30H31N3O5/c1-20-26(29(34)37-4)28(24-8-5-9-25(17-24)36-3)27(21(2)32-20)30(35)38-16-6-7-22-10-12-23(13-11-22)18-33-15-14-31-19-33/h5-15,17,19,28,32H,16,18H2,1-4H3/b7-6+. The van der Waals surface area contributed by atoms with E-state index in [-0.39, 0.29) is 6.61 Å². The van der Waals surface area contributed by atoms with Gasteiger partial charge in [-0.2, -0.15) is 0 Å². The quantitative estimate of drug-likeness (QED) is 0.418. The molecule has 8 nitrogen and oxygen atoms in total. The normalized spacial score (nSPS) is 15.4. The molecule has 0 bridgehead atoms. The first kappa shape index (κ1) is 26.5. The summed E-state index contributed by atoms with van der Waals surface area (Å²) in [6.45, 7) is 4.41. The van der Waals surface area contributed by atoms with Gasteiger partial charge < -0.3 is 24.1 Å². The second kappa shape index (κ2) is 12.1. The fourth-order valence-electron chi connectivity index (χ4n) is 4.51. The molecule has 3 aromatic rings. The van der Waals surface area contributed by atoms with Gasteiger partial charge in [0.25, 0.3) is 0 Å². The zero-order chi connectivity index (χ0) is 27.1. The van der Waals surface area contributed by atoms with Gasteiger partial charge in [0.05, 0.1) is 37.6 Å². The molecule has 0 amide bonds. The molecule has 1 unspecified atom stereocenters. The van der Waals surface area contributed by atoms with Crippen LogP contribution in [0.15, 0.2) is 95.9 Å². The van der Waals surface area contributed by atoms with Crippen molar-refractivity contribution in [1.82, 2.24) is 14.9 Å². The van der Waals surface area contributed by atoms with Crippen molar-refractivity contribution in [2.75, 3.05) is 20.8 Å². The number of benzene rings is 2. The predicted molar refractivity (Wildman–Crippen MR) is 144 cm³/mol. The number of ether oxygens (including phenoxy) is 3. The van der Waals surface area contributed by atoms with Gasteiger partial charge in [0.15, 0.2) is 0 Å². The molecular weight excluding hydrogens is 482 g/mol. The average Bonchev–Trinajstić information content (AvgIpc) is 3.44. The first-order valence-corrected chi connectivity index (χ1v) is 12.2.